The Hall–Kier alpha value is -2.75. The zero-order valence-electron chi connectivity index (χ0n) is 19.8. The minimum absolute atomic E-state index is 0.152. The van der Waals surface area contributed by atoms with Gasteiger partial charge >= 0.3 is 0 Å². The SMILES string of the molecule is CCC(Sc1cc(-c2ccccc2)ncn1)C(=O)Nc1ccc(S(=O)(=O)N2CCCCCC2)cc1. The lowest BCUT2D eigenvalue weighted by Gasteiger charge is -2.20. The third-order valence-electron chi connectivity index (χ3n) is 5.96. The number of carbonyl (C=O) groups excluding carboxylic acids is 1. The van der Waals surface area contributed by atoms with E-state index >= 15 is 0 Å². The van der Waals surface area contributed by atoms with Gasteiger partial charge in [0.2, 0.25) is 15.9 Å². The molecule has 9 heteroatoms. The highest BCUT2D eigenvalue weighted by atomic mass is 32.2. The first kappa shape index (κ1) is 25.3. The van der Waals surface area contributed by atoms with Crippen LogP contribution in [-0.2, 0) is 14.8 Å². The molecule has 1 aliphatic heterocycles. The minimum atomic E-state index is -3.52. The summed E-state index contributed by atoms with van der Waals surface area (Å²) in [5.41, 5.74) is 2.36. The molecule has 0 saturated carbocycles. The molecular weight excluding hydrogens is 480 g/mol. The van der Waals surface area contributed by atoms with E-state index in [-0.39, 0.29) is 16.1 Å². The van der Waals surface area contributed by atoms with E-state index in [1.165, 1.54) is 18.1 Å². The second kappa shape index (κ2) is 11.8. The van der Waals surface area contributed by atoms with E-state index in [9.17, 15) is 13.2 Å². The van der Waals surface area contributed by atoms with Gasteiger partial charge in [-0.3, -0.25) is 4.79 Å². The van der Waals surface area contributed by atoms with Crippen molar-refractivity contribution >= 4 is 33.4 Å². The Morgan fingerprint density at radius 2 is 1.69 bits per heavy atom. The zero-order chi connectivity index (χ0) is 24.7. The lowest BCUT2D eigenvalue weighted by molar-refractivity contribution is -0.115. The molecule has 2 heterocycles. The number of aromatic nitrogens is 2. The summed E-state index contributed by atoms with van der Waals surface area (Å²) < 4.78 is 27.5. The van der Waals surface area contributed by atoms with E-state index in [0.717, 1.165) is 42.0 Å². The van der Waals surface area contributed by atoms with E-state index < -0.39 is 10.0 Å². The van der Waals surface area contributed by atoms with Crippen LogP contribution in [-0.4, -0.2) is 46.9 Å². The Labute approximate surface area is 211 Å². The van der Waals surface area contributed by atoms with Crippen molar-refractivity contribution in [3.8, 4) is 11.3 Å². The number of amides is 1. The van der Waals surface area contributed by atoms with Crippen LogP contribution in [0.1, 0.15) is 39.0 Å². The summed E-state index contributed by atoms with van der Waals surface area (Å²) in [6, 6.07) is 18.2. The number of benzene rings is 2. The smallest absolute Gasteiger partial charge is 0.243 e. The van der Waals surface area contributed by atoms with E-state index in [0.29, 0.717) is 25.2 Å². The molecular formula is C26H30N4O3S2. The van der Waals surface area contributed by atoms with Crippen LogP contribution in [0.3, 0.4) is 0 Å². The van der Waals surface area contributed by atoms with Crippen LogP contribution in [0, 0.1) is 0 Å². The van der Waals surface area contributed by atoms with Gasteiger partial charge in [-0.15, -0.1) is 0 Å². The quantitative estimate of drug-likeness (QED) is 0.330. The molecule has 4 rings (SSSR count). The minimum Gasteiger partial charge on any atom is -0.325 e. The van der Waals surface area contributed by atoms with Gasteiger partial charge in [-0.25, -0.2) is 18.4 Å². The second-order valence-corrected chi connectivity index (χ2v) is 11.6. The number of nitrogens with one attached hydrogen (secondary N) is 1. The van der Waals surface area contributed by atoms with Crippen molar-refractivity contribution in [2.24, 2.45) is 0 Å². The first-order valence-corrected chi connectivity index (χ1v) is 14.2. The number of carbonyl (C=O) groups is 1. The molecule has 0 bridgehead atoms. The second-order valence-electron chi connectivity index (χ2n) is 8.45. The molecule has 3 aromatic rings. The first-order valence-electron chi connectivity index (χ1n) is 11.9. The third-order valence-corrected chi connectivity index (χ3v) is 9.17. The van der Waals surface area contributed by atoms with E-state index in [4.69, 9.17) is 0 Å². The van der Waals surface area contributed by atoms with Crippen molar-refractivity contribution in [2.75, 3.05) is 18.4 Å². The van der Waals surface area contributed by atoms with Crippen molar-refractivity contribution in [3.63, 3.8) is 0 Å². The summed E-state index contributed by atoms with van der Waals surface area (Å²) in [6.45, 7) is 3.07. The molecule has 184 valence electrons. The van der Waals surface area contributed by atoms with Crippen molar-refractivity contribution in [1.82, 2.24) is 14.3 Å². The van der Waals surface area contributed by atoms with Gasteiger partial charge in [0.25, 0.3) is 0 Å². The standard InChI is InChI=1S/C26H30N4O3S2/c1-2-24(34-25-18-23(27-19-28-25)20-10-6-5-7-11-20)26(31)29-21-12-14-22(15-13-21)35(32,33)30-16-8-3-4-9-17-30/h5-7,10-15,18-19,24H,2-4,8-9,16-17H2,1H3,(H,29,31). The van der Waals surface area contributed by atoms with Crippen molar-refractivity contribution in [1.29, 1.82) is 0 Å². The summed E-state index contributed by atoms with van der Waals surface area (Å²) in [4.78, 5) is 21.9. The molecule has 1 amide bonds. The highest BCUT2D eigenvalue weighted by Crippen LogP contribution is 2.28. The fraction of sp³-hybridized carbons (Fsp3) is 0.346. The molecule has 0 radical (unpaired) electrons. The summed E-state index contributed by atoms with van der Waals surface area (Å²) in [5, 5.41) is 3.29. The Morgan fingerprint density at radius 1 is 1.00 bits per heavy atom. The highest BCUT2D eigenvalue weighted by molar-refractivity contribution is 8.00. The summed E-state index contributed by atoms with van der Waals surface area (Å²) in [7, 11) is -3.52. The predicted octanol–water partition coefficient (Wildman–Crippen LogP) is 5.22. The maximum absolute atomic E-state index is 13.0. The third kappa shape index (κ3) is 6.48. The first-order chi connectivity index (χ1) is 17.0. The Morgan fingerprint density at radius 3 is 2.34 bits per heavy atom. The lowest BCUT2D eigenvalue weighted by atomic mass is 10.1. The van der Waals surface area contributed by atoms with E-state index in [2.05, 4.69) is 15.3 Å². The van der Waals surface area contributed by atoms with Crippen molar-refractivity contribution in [2.45, 2.75) is 54.2 Å². The largest absolute Gasteiger partial charge is 0.325 e. The van der Waals surface area contributed by atoms with Crippen molar-refractivity contribution < 1.29 is 13.2 Å². The van der Waals surface area contributed by atoms with Gasteiger partial charge in [0.15, 0.2) is 0 Å². The van der Waals surface area contributed by atoms with Crippen LogP contribution >= 0.6 is 11.8 Å². The van der Waals surface area contributed by atoms with Crippen LogP contribution in [0.5, 0.6) is 0 Å². The molecule has 1 fully saturated rings. The topological polar surface area (TPSA) is 92.3 Å². The summed E-state index contributed by atoms with van der Waals surface area (Å²) in [5.74, 6) is -0.152. The van der Waals surface area contributed by atoms with E-state index in [1.807, 2.05) is 43.3 Å². The Bertz CT molecular complexity index is 1230. The van der Waals surface area contributed by atoms with Crippen LogP contribution in [0.15, 0.2) is 76.9 Å². The van der Waals surface area contributed by atoms with Crippen molar-refractivity contribution in [3.05, 3.63) is 67.0 Å². The molecule has 0 aliphatic carbocycles. The normalized spacial score (nSPS) is 15.8. The maximum Gasteiger partial charge on any atom is 0.243 e. The van der Waals surface area contributed by atoms with Crippen LogP contribution < -0.4 is 5.32 Å². The highest BCUT2D eigenvalue weighted by Gasteiger charge is 2.25. The fourth-order valence-electron chi connectivity index (χ4n) is 4.00. The molecule has 35 heavy (non-hydrogen) atoms. The molecule has 1 unspecified atom stereocenters. The molecule has 7 nitrogen and oxygen atoms in total. The average Bonchev–Trinajstić information content (AvgIpc) is 3.19. The maximum atomic E-state index is 13.0. The van der Waals surface area contributed by atoms with Gasteiger partial charge in [0, 0.05) is 24.3 Å². The number of thioether (sulfide) groups is 1. The van der Waals surface area contributed by atoms with Crippen LogP contribution in [0.25, 0.3) is 11.3 Å². The summed E-state index contributed by atoms with van der Waals surface area (Å²) in [6.07, 6.45) is 6.04. The van der Waals surface area contributed by atoms with E-state index in [1.54, 1.807) is 28.6 Å². The van der Waals surface area contributed by atoms with Gasteiger partial charge in [-0.05, 0) is 49.6 Å². The van der Waals surface area contributed by atoms with Crippen LogP contribution in [0.4, 0.5) is 5.69 Å². The molecule has 1 aliphatic rings. The monoisotopic (exact) mass is 510 g/mol. The number of rotatable bonds is 8. The van der Waals surface area contributed by atoms with Gasteiger partial charge in [0.05, 0.1) is 15.8 Å². The Balaban J connectivity index is 1.41. The molecule has 2 aromatic carbocycles. The zero-order valence-corrected chi connectivity index (χ0v) is 21.4. The molecule has 1 aromatic heterocycles. The van der Waals surface area contributed by atoms with Gasteiger partial charge in [-0.1, -0.05) is 61.9 Å². The average molecular weight is 511 g/mol. The number of hydrogen-bond acceptors (Lipinski definition) is 6. The van der Waals surface area contributed by atoms with Gasteiger partial charge in [-0.2, -0.15) is 4.31 Å². The lowest BCUT2D eigenvalue weighted by Crippen LogP contribution is -2.31. The molecule has 1 atom stereocenters. The number of sulfonamides is 1. The molecule has 1 saturated heterocycles. The summed E-state index contributed by atoms with van der Waals surface area (Å²) >= 11 is 1.39. The molecule has 0 spiro atoms. The van der Waals surface area contributed by atoms with Gasteiger partial charge in [0.1, 0.15) is 11.4 Å². The fourth-order valence-corrected chi connectivity index (χ4v) is 6.43. The predicted molar refractivity (Wildman–Crippen MR) is 140 cm³/mol. The van der Waals surface area contributed by atoms with Crippen LogP contribution in [0.2, 0.25) is 0 Å². The number of nitrogens with zero attached hydrogens (tertiary/aromatic N) is 3. The number of hydrogen-bond donors (Lipinski definition) is 1. The Kier molecular flexibility index (Phi) is 8.54. The number of anilines is 1. The molecule has 1 N–H and O–H groups in total. The van der Waals surface area contributed by atoms with Gasteiger partial charge < -0.3 is 5.32 Å².